The van der Waals surface area contributed by atoms with Gasteiger partial charge in [-0.1, -0.05) is 51.1 Å². The van der Waals surface area contributed by atoms with Gasteiger partial charge in [0.05, 0.1) is 23.6 Å². The van der Waals surface area contributed by atoms with Crippen molar-refractivity contribution in [1.82, 2.24) is 4.90 Å². The highest BCUT2D eigenvalue weighted by Crippen LogP contribution is 2.57. The number of benzene rings is 2. The molecule has 8 N–H and O–H groups in total. The van der Waals surface area contributed by atoms with Crippen LogP contribution in [0.25, 0.3) is 5.76 Å². The number of nitrogens with two attached hydrogens (primary N) is 1. The number of ketones is 2. The van der Waals surface area contributed by atoms with Gasteiger partial charge in [0, 0.05) is 29.3 Å². The molecule has 5 rings (SSSR count). The topological polar surface area (TPSA) is 194 Å². The summed E-state index contributed by atoms with van der Waals surface area (Å²) in [5.41, 5.74) is 2.56. The summed E-state index contributed by atoms with van der Waals surface area (Å²) < 4.78 is 0. The zero-order chi connectivity index (χ0) is 33.2. The van der Waals surface area contributed by atoms with Crippen LogP contribution in [0.5, 0.6) is 5.75 Å². The fourth-order valence-electron chi connectivity index (χ4n) is 7.62. The zero-order valence-corrected chi connectivity index (χ0v) is 26.0. The van der Waals surface area contributed by atoms with Crippen molar-refractivity contribution in [2.75, 3.05) is 26.0 Å². The summed E-state index contributed by atoms with van der Waals surface area (Å²) >= 11 is 0. The number of phenolic OH excluding ortho intramolecular Hbond substituents is 1. The summed E-state index contributed by atoms with van der Waals surface area (Å²) in [6.45, 7) is 6.34. The number of fused-ring (bicyclic) bond motifs is 3. The number of carbonyl (C=O) groups excluding carboxylic acids is 3. The van der Waals surface area contributed by atoms with E-state index < -0.39 is 81.1 Å². The first kappa shape index (κ1) is 32.2. The number of phenols is 1. The molecule has 0 heterocycles. The van der Waals surface area contributed by atoms with E-state index in [1.807, 2.05) is 44.2 Å². The first-order chi connectivity index (χ1) is 21.1. The predicted octanol–water partition coefficient (Wildman–Crippen LogP) is 2.67. The van der Waals surface area contributed by atoms with Crippen LogP contribution in [0.15, 0.2) is 59.4 Å². The number of primary amides is 1. The van der Waals surface area contributed by atoms with Crippen molar-refractivity contribution in [3.05, 3.63) is 76.1 Å². The second kappa shape index (κ2) is 11.3. The number of nitrogens with one attached hydrogen (secondary N) is 1. The summed E-state index contributed by atoms with van der Waals surface area (Å²) in [5, 5.41) is 61.4. The van der Waals surface area contributed by atoms with Gasteiger partial charge in [0.25, 0.3) is 5.91 Å². The maximum absolute atomic E-state index is 14.2. The Bertz CT molecular complexity index is 1630. The molecule has 2 aromatic carbocycles. The summed E-state index contributed by atoms with van der Waals surface area (Å²) in [4.78, 5) is 41.1. The van der Waals surface area contributed by atoms with Crippen LogP contribution in [0.4, 0.5) is 5.69 Å². The molecule has 11 heteroatoms. The van der Waals surface area contributed by atoms with Gasteiger partial charge in [-0.15, -0.1) is 0 Å². The fraction of sp³-hybridized carbons (Fsp3) is 0.441. The van der Waals surface area contributed by atoms with Crippen LogP contribution in [0.2, 0.25) is 0 Å². The smallest absolute Gasteiger partial charge is 0.255 e. The van der Waals surface area contributed by atoms with E-state index in [4.69, 9.17) is 5.73 Å². The van der Waals surface area contributed by atoms with Crippen molar-refractivity contribution in [3.8, 4) is 5.75 Å². The zero-order valence-electron chi connectivity index (χ0n) is 26.0. The Morgan fingerprint density at radius 1 is 1.07 bits per heavy atom. The summed E-state index contributed by atoms with van der Waals surface area (Å²) in [7, 11) is 2.95. The molecule has 0 saturated heterocycles. The molecule has 11 nitrogen and oxygen atoms in total. The SMILES string of the molecule is C[C@H]1c2ccc(C(C)(C)CCCNc3ccccc3)c(O)c2C(O)=C2C(=O)[C@]3(O)C(O)=C(C(N)=O)C(=O)[C@@H](N(C)C)[C@@H]3[C@@H](O)[C@@H]21. The Morgan fingerprint density at radius 2 is 1.71 bits per heavy atom. The van der Waals surface area contributed by atoms with Crippen LogP contribution in [0, 0.1) is 11.8 Å². The van der Waals surface area contributed by atoms with Crippen molar-refractivity contribution in [1.29, 1.82) is 0 Å². The molecule has 1 saturated carbocycles. The standard InChI is InChI=1S/C34H41N3O8/c1-16-18-12-13-19(33(2,3)14-9-15-36-17-10-7-6-8-11-17)26(38)21(18)27(39)22-20(16)28(40)24-25(37(4)5)29(41)23(32(35)44)31(43)34(24,45)30(22)42/h6-8,10-13,16,20,24-25,28,36,38-40,43,45H,9,14-15H2,1-5H3,(H2,35,44)/t16-,20+,24+,25-,28-,34-/m0/s1. The third-order valence-electron chi connectivity index (χ3n) is 9.94. The number of anilines is 1. The predicted molar refractivity (Wildman–Crippen MR) is 168 cm³/mol. The molecule has 3 aliphatic rings. The molecule has 3 aliphatic carbocycles. The minimum absolute atomic E-state index is 0.000949. The van der Waals surface area contributed by atoms with Gasteiger partial charge in [-0.25, -0.2) is 0 Å². The number of para-hydroxylation sites is 1. The Morgan fingerprint density at radius 3 is 2.31 bits per heavy atom. The van der Waals surface area contributed by atoms with Gasteiger partial charge in [0.2, 0.25) is 5.78 Å². The maximum atomic E-state index is 14.2. The number of nitrogens with zero attached hydrogens (tertiary/aromatic N) is 1. The van der Waals surface area contributed by atoms with Crippen LogP contribution in [-0.4, -0.2) is 86.3 Å². The Kier molecular flexibility index (Phi) is 8.10. The first-order valence-corrected chi connectivity index (χ1v) is 15.1. The second-order valence-electron chi connectivity index (χ2n) is 13.3. The molecule has 45 heavy (non-hydrogen) atoms. The van der Waals surface area contributed by atoms with Crippen molar-refractivity contribution in [3.63, 3.8) is 0 Å². The number of Topliss-reactive ketones (excluding diaryl/α,β-unsaturated/α-hetero) is 2. The highest BCUT2D eigenvalue weighted by Gasteiger charge is 2.68. The Labute approximate surface area is 261 Å². The van der Waals surface area contributed by atoms with Crippen molar-refractivity contribution < 1.29 is 39.9 Å². The van der Waals surface area contributed by atoms with E-state index in [-0.39, 0.29) is 11.3 Å². The molecular formula is C34H41N3O8. The quantitative estimate of drug-likeness (QED) is 0.171. The summed E-state index contributed by atoms with van der Waals surface area (Å²) in [6.07, 6.45) is -0.193. The van der Waals surface area contributed by atoms with Crippen molar-refractivity contribution >= 4 is 28.9 Å². The first-order valence-electron chi connectivity index (χ1n) is 15.1. The Hall–Kier alpha value is -4.19. The lowest BCUT2D eigenvalue weighted by molar-refractivity contribution is -0.169. The van der Waals surface area contributed by atoms with Crippen LogP contribution in [0.1, 0.15) is 56.2 Å². The summed E-state index contributed by atoms with van der Waals surface area (Å²) in [5.74, 6) is -8.93. The molecule has 240 valence electrons. The number of aliphatic hydroxyl groups is 4. The number of hydrogen-bond acceptors (Lipinski definition) is 10. The van der Waals surface area contributed by atoms with Gasteiger partial charge in [0.1, 0.15) is 22.8 Å². The van der Waals surface area contributed by atoms with Crippen LogP contribution in [-0.2, 0) is 19.8 Å². The largest absolute Gasteiger partial charge is 0.508 e. The molecule has 1 fully saturated rings. The van der Waals surface area contributed by atoms with E-state index in [2.05, 4.69) is 5.32 Å². The number of hydrogen-bond donors (Lipinski definition) is 7. The molecular weight excluding hydrogens is 578 g/mol. The van der Waals surface area contributed by atoms with Gasteiger partial charge in [0.15, 0.2) is 11.4 Å². The number of aliphatic hydroxyl groups excluding tert-OH is 3. The fourth-order valence-corrected chi connectivity index (χ4v) is 7.62. The van der Waals surface area contributed by atoms with Gasteiger partial charge in [-0.2, -0.15) is 0 Å². The van der Waals surface area contributed by atoms with Crippen LogP contribution < -0.4 is 11.1 Å². The minimum Gasteiger partial charge on any atom is -0.508 e. The second-order valence-corrected chi connectivity index (χ2v) is 13.3. The number of likely N-dealkylation sites (N-methyl/N-ethyl adjacent to an activating group) is 1. The van der Waals surface area contributed by atoms with E-state index in [9.17, 15) is 39.9 Å². The molecule has 0 radical (unpaired) electrons. The van der Waals surface area contributed by atoms with E-state index in [1.165, 1.54) is 19.0 Å². The number of carbonyl (C=O) groups is 3. The van der Waals surface area contributed by atoms with Crippen molar-refractivity contribution in [2.45, 2.75) is 62.7 Å². The monoisotopic (exact) mass is 619 g/mol. The van der Waals surface area contributed by atoms with E-state index in [0.29, 0.717) is 24.1 Å². The molecule has 1 amide bonds. The van der Waals surface area contributed by atoms with E-state index in [0.717, 1.165) is 12.1 Å². The number of amides is 1. The van der Waals surface area contributed by atoms with E-state index in [1.54, 1.807) is 19.1 Å². The lowest BCUT2D eigenvalue weighted by Crippen LogP contribution is -2.70. The molecule has 0 aromatic heterocycles. The molecule has 6 atom stereocenters. The third kappa shape index (κ3) is 4.81. The van der Waals surface area contributed by atoms with E-state index >= 15 is 0 Å². The normalized spacial score (nSPS) is 28.1. The molecule has 2 aromatic rings. The van der Waals surface area contributed by atoms with Gasteiger partial charge in [-0.05, 0) is 56.0 Å². The highest BCUT2D eigenvalue weighted by atomic mass is 16.4. The van der Waals surface area contributed by atoms with Crippen LogP contribution >= 0.6 is 0 Å². The average Bonchev–Trinajstić information content (AvgIpc) is 2.97. The molecule has 0 spiro atoms. The summed E-state index contributed by atoms with van der Waals surface area (Å²) in [6, 6.07) is 11.9. The maximum Gasteiger partial charge on any atom is 0.255 e. The molecule has 0 aliphatic heterocycles. The highest BCUT2D eigenvalue weighted by molar-refractivity contribution is 6.24. The number of rotatable bonds is 8. The molecule has 0 bridgehead atoms. The molecule has 0 unspecified atom stereocenters. The van der Waals surface area contributed by atoms with Crippen LogP contribution in [0.3, 0.4) is 0 Å². The van der Waals surface area contributed by atoms with Gasteiger partial charge in [-0.3, -0.25) is 19.3 Å². The Balaban J connectivity index is 1.57. The lowest BCUT2D eigenvalue weighted by Gasteiger charge is -2.53. The lowest BCUT2D eigenvalue weighted by atomic mass is 9.54. The number of aromatic hydroxyl groups is 1. The van der Waals surface area contributed by atoms with Crippen molar-refractivity contribution in [2.24, 2.45) is 17.6 Å². The third-order valence-corrected chi connectivity index (χ3v) is 9.94. The minimum atomic E-state index is -2.94. The van der Waals surface area contributed by atoms with Gasteiger partial charge >= 0.3 is 0 Å². The van der Waals surface area contributed by atoms with Gasteiger partial charge < -0.3 is 36.6 Å². The average molecular weight is 620 g/mol.